The molecule has 0 spiro atoms. The fourth-order valence-corrected chi connectivity index (χ4v) is 4.62. The second-order valence-corrected chi connectivity index (χ2v) is 12.2. The average molecular weight is 1200 g/mol. The molecule has 13 heteroatoms. The summed E-state index contributed by atoms with van der Waals surface area (Å²) in [6.45, 7) is 0. The third-order valence-electron chi connectivity index (χ3n) is 7.44. The second-order valence-electron chi connectivity index (χ2n) is 12.2. The van der Waals surface area contributed by atoms with Gasteiger partial charge in [0.25, 0.3) is 0 Å². The Balaban J connectivity index is -0.000000809. The molecule has 0 N–H and O–H groups in total. The predicted octanol–water partition coefficient (Wildman–Crippen LogP) is 1.06. The number of benzene rings is 6. The van der Waals surface area contributed by atoms with Gasteiger partial charge >= 0.3 is 110 Å². The summed E-state index contributed by atoms with van der Waals surface area (Å²) >= 11 is 0. The van der Waals surface area contributed by atoms with Crippen molar-refractivity contribution in [1.82, 2.24) is 0 Å². The summed E-state index contributed by atoms with van der Waals surface area (Å²) in [6, 6.07) is 58.7. The van der Waals surface area contributed by atoms with Gasteiger partial charge in [0.15, 0.2) is 17.3 Å². The van der Waals surface area contributed by atoms with Crippen LogP contribution >= 0.6 is 0 Å². The Morgan fingerprint density at radius 2 is 0.379 bits per heavy atom. The molecule has 6 rings (SSSR count). The molecule has 0 aromatic heterocycles. The van der Waals surface area contributed by atoms with Crippen LogP contribution in [0.15, 0.2) is 218 Å². The number of carbonyl (C=O) groups is 5. The molecule has 0 aliphatic carbocycles. The second kappa shape index (κ2) is 42.6. The van der Waals surface area contributed by atoms with Crippen LogP contribution in [0.4, 0.5) is 9.59 Å². The molecule has 0 heterocycles. The number of rotatable bonds is 12. The summed E-state index contributed by atoms with van der Waals surface area (Å²) in [5.74, 6) is -0.0341. The van der Waals surface area contributed by atoms with E-state index in [2.05, 4.69) is 0 Å². The van der Waals surface area contributed by atoms with E-state index in [1.807, 2.05) is 218 Å². The molecule has 0 aliphatic heterocycles. The van der Waals surface area contributed by atoms with E-state index in [4.69, 9.17) is 30.0 Å². The van der Waals surface area contributed by atoms with Gasteiger partial charge in [-0.2, -0.15) is 0 Å². The number of allylic oxidation sites excluding steroid dienone is 6. The number of hydrogen-bond acceptors (Lipinski definition) is 9. The number of carbonyl (C=O) groups excluding carboxylic acids is 5. The van der Waals surface area contributed by atoms with Crippen LogP contribution < -0.4 is 102 Å². The van der Waals surface area contributed by atoms with Crippen LogP contribution in [0.25, 0.3) is 36.5 Å². The first-order chi connectivity index (χ1) is 30.0. The average Bonchev–Trinajstić information content (AvgIpc) is 3.29. The summed E-state index contributed by atoms with van der Waals surface area (Å²) in [7, 11) is 0. The fourth-order valence-electron chi connectivity index (χ4n) is 4.62. The molecular formula is C53H42ClCsO9Pd2. The van der Waals surface area contributed by atoms with Gasteiger partial charge in [-0.15, -0.1) is 0 Å². The maximum Gasteiger partial charge on any atom is 2.00 e. The molecule has 0 saturated carbocycles. The van der Waals surface area contributed by atoms with Crippen LogP contribution in [0.2, 0.25) is 0 Å². The molecular weight excluding hydrogens is 1160 g/mol. The molecule has 6 aromatic rings. The Kier molecular flexibility index (Phi) is 42.1. The van der Waals surface area contributed by atoms with Crippen molar-refractivity contribution in [3.63, 3.8) is 0 Å². The Morgan fingerprint density at radius 1 is 0.273 bits per heavy atom. The van der Waals surface area contributed by atoms with Crippen molar-refractivity contribution in [2.45, 2.75) is 0 Å². The maximum absolute atomic E-state index is 11.6. The molecule has 0 aliphatic rings. The summed E-state index contributed by atoms with van der Waals surface area (Å²) in [6.07, 6.45) is 15.7. The van der Waals surface area contributed by atoms with E-state index in [9.17, 15) is 14.4 Å². The zero-order valence-corrected chi connectivity index (χ0v) is 45.6. The summed E-state index contributed by atoms with van der Waals surface area (Å²) in [5.41, 5.74) is 6.16. The number of carboxylic acid groups (broad SMARTS) is 4. The first-order valence-corrected chi connectivity index (χ1v) is 18.8. The maximum atomic E-state index is 11.6. The summed E-state index contributed by atoms with van der Waals surface area (Å²) in [5, 5.41) is 33.3. The van der Waals surface area contributed by atoms with Crippen molar-refractivity contribution in [2.24, 2.45) is 0 Å². The largest absolute Gasteiger partial charge is 2.00 e. The molecule has 0 radical (unpaired) electrons. The molecule has 6 aromatic carbocycles. The number of halogens is 1. The first kappa shape index (κ1) is 65.3. The predicted molar refractivity (Wildman–Crippen MR) is 239 cm³/mol. The van der Waals surface area contributed by atoms with E-state index in [-0.39, 0.29) is 139 Å². The number of ketones is 3. The summed E-state index contributed by atoms with van der Waals surface area (Å²) in [4.78, 5) is 51.5. The molecule has 0 atom stereocenters. The van der Waals surface area contributed by atoms with E-state index in [0.717, 1.165) is 33.4 Å². The Hall–Kier alpha value is -5.02. The van der Waals surface area contributed by atoms with Gasteiger partial charge < -0.3 is 42.4 Å². The van der Waals surface area contributed by atoms with E-state index < -0.39 is 12.3 Å². The van der Waals surface area contributed by atoms with Crippen molar-refractivity contribution in [3.8, 4) is 0 Å². The zero-order valence-electron chi connectivity index (χ0n) is 35.4. The molecule has 9 nitrogen and oxygen atoms in total. The standard InChI is InChI=1S/3C17H14O.2CH2O3.ClH.Cs.2Pd/c3*18-17(13-11-15-7-3-1-4-8-15)14-12-16-9-5-2-6-10-16;2*2-1(3)4;;;;/h3*1-14H;2*(H2,2,3,4);1H;;;/q;;;;;;+1;2*+2/p-5. The van der Waals surface area contributed by atoms with Gasteiger partial charge in [-0.1, -0.05) is 218 Å². The van der Waals surface area contributed by atoms with Gasteiger partial charge in [0.1, 0.15) is 0 Å². The van der Waals surface area contributed by atoms with Gasteiger partial charge in [-0.25, -0.2) is 0 Å². The monoisotopic (exact) mass is 1200 g/mol. The van der Waals surface area contributed by atoms with Crippen molar-refractivity contribution in [1.29, 1.82) is 0 Å². The Labute approximate surface area is 478 Å². The normalized spacial score (nSPS) is 9.82. The zero-order chi connectivity index (χ0) is 45.0. The minimum absolute atomic E-state index is 0. The molecule has 0 amide bonds. The van der Waals surface area contributed by atoms with Crippen LogP contribution in [0.3, 0.4) is 0 Å². The van der Waals surface area contributed by atoms with Crippen molar-refractivity contribution in [2.75, 3.05) is 0 Å². The topological polar surface area (TPSA) is 178 Å². The molecule has 0 unspecified atom stereocenters. The van der Waals surface area contributed by atoms with Gasteiger partial charge in [0.2, 0.25) is 0 Å². The molecule has 0 saturated heterocycles. The molecule has 0 bridgehead atoms. The summed E-state index contributed by atoms with van der Waals surface area (Å²) < 4.78 is 0. The SMILES string of the molecule is O=C(C=Cc1ccccc1)C=Cc1ccccc1.O=C(C=Cc1ccccc1)C=Cc1ccccc1.O=C(C=Cc1ccccc1)C=Cc1ccccc1.O=C([O-])[O-].O=C([O-])[O-].[Cl-].[Cs+].[Pd+2].[Pd+2]. The van der Waals surface area contributed by atoms with Crippen LogP contribution in [0, 0.1) is 0 Å². The first-order valence-electron chi connectivity index (χ1n) is 18.8. The van der Waals surface area contributed by atoms with Gasteiger partial charge in [-0.3, -0.25) is 14.4 Å². The van der Waals surface area contributed by atoms with Crippen LogP contribution in [0.5, 0.6) is 0 Å². The molecule has 66 heavy (non-hydrogen) atoms. The van der Waals surface area contributed by atoms with Crippen LogP contribution in [-0.2, 0) is 55.2 Å². The van der Waals surface area contributed by atoms with E-state index >= 15 is 0 Å². The van der Waals surface area contributed by atoms with E-state index in [1.165, 1.54) is 0 Å². The van der Waals surface area contributed by atoms with E-state index in [1.54, 1.807) is 36.5 Å². The third-order valence-corrected chi connectivity index (χ3v) is 7.44. The molecule has 0 fully saturated rings. The Morgan fingerprint density at radius 3 is 0.485 bits per heavy atom. The minimum Gasteiger partial charge on any atom is -1.00 e. The fraction of sp³-hybridized carbons (Fsp3) is 0. The van der Waals surface area contributed by atoms with Gasteiger partial charge in [0, 0.05) is 0 Å². The third kappa shape index (κ3) is 37.2. The van der Waals surface area contributed by atoms with E-state index in [0.29, 0.717) is 0 Å². The van der Waals surface area contributed by atoms with Gasteiger partial charge in [-0.05, 0) is 82.1 Å². The van der Waals surface area contributed by atoms with Crippen molar-refractivity contribution < 1.29 is 167 Å². The van der Waals surface area contributed by atoms with Gasteiger partial charge in [0.05, 0.1) is 0 Å². The van der Waals surface area contributed by atoms with Crippen molar-refractivity contribution >= 4 is 66.1 Å². The Bertz CT molecular complexity index is 1980. The van der Waals surface area contributed by atoms with Crippen LogP contribution in [-0.4, -0.2) is 29.7 Å². The van der Waals surface area contributed by atoms with Crippen LogP contribution in [0.1, 0.15) is 33.4 Å². The quantitative estimate of drug-likeness (QED) is 0.128. The smallest absolute Gasteiger partial charge is 1.00 e. The molecule has 336 valence electrons. The minimum atomic E-state index is -2.33. The number of hydrogen-bond donors (Lipinski definition) is 0. The van der Waals surface area contributed by atoms with Crippen molar-refractivity contribution in [3.05, 3.63) is 252 Å².